The van der Waals surface area contributed by atoms with E-state index in [1.54, 1.807) is 0 Å². The Balaban J connectivity index is 1.23. The summed E-state index contributed by atoms with van der Waals surface area (Å²) in [7, 11) is 0. The minimum absolute atomic E-state index is 0.199. The molecule has 2 atom stereocenters. The van der Waals surface area contributed by atoms with Crippen molar-refractivity contribution in [3.8, 4) is 0 Å². The largest absolute Gasteiger partial charge is 0.379 e. The molecular weight excluding hydrogens is 402 g/mol. The molecule has 4 aliphatic rings. The van der Waals surface area contributed by atoms with Gasteiger partial charge in [0.1, 0.15) is 6.17 Å². The van der Waals surface area contributed by atoms with E-state index in [0.717, 1.165) is 89.4 Å². The second-order valence-corrected chi connectivity index (χ2v) is 9.30. The number of imidazole rings is 1. The van der Waals surface area contributed by atoms with Crippen LogP contribution in [0.3, 0.4) is 0 Å². The second-order valence-electron chi connectivity index (χ2n) is 9.30. The van der Waals surface area contributed by atoms with Crippen LogP contribution in [-0.2, 0) is 4.74 Å². The number of morpholine rings is 1. The maximum atomic E-state index is 5.47. The summed E-state index contributed by atoms with van der Waals surface area (Å²) in [6.07, 6.45) is 9.44. The predicted molar refractivity (Wildman–Crippen MR) is 127 cm³/mol. The number of ether oxygens (including phenoxy) is 1. The number of guanidine groups is 1. The zero-order chi connectivity index (χ0) is 21.3. The maximum absolute atomic E-state index is 5.47. The molecule has 6 rings (SSSR count). The Morgan fingerprint density at radius 2 is 1.94 bits per heavy atom. The molecule has 1 N–H and O–H groups in total. The van der Waals surface area contributed by atoms with Crippen molar-refractivity contribution in [2.24, 2.45) is 10.9 Å². The van der Waals surface area contributed by atoms with E-state index < -0.39 is 0 Å². The van der Waals surface area contributed by atoms with E-state index in [-0.39, 0.29) is 6.17 Å². The smallest absolute Gasteiger partial charge is 0.216 e. The molecule has 1 fully saturated rings. The summed E-state index contributed by atoms with van der Waals surface area (Å²) in [4.78, 5) is 17.2. The molecule has 0 bridgehead atoms. The summed E-state index contributed by atoms with van der Waals surface area (Å²) in [6, 6.07) is 8.52. The molecule has 0 unspecified atom stereocenters. The van der Waals surface area contributed by atoms with Gasteiger partial charge in [0.25, 0.3) is 0 Å². The zero-order valence-electron chi connectivity index (χ0n) is 18.7. The van der Waals surface area contributed by atoms with Gasteiger partial charge in [0.2, 0.25) is 11.9 Å². The number of para-hydroxylation sites is 2. The van der Waals surface area contributed by atoms with Gasteiger partial charge in [-0.25, -0.2) is 9.98 Å². The lowest BCUT2D eigenvalue weighted by Crippen LogP contribution is -2.58. The summed E-state index contributed by atoms with van der Waals surface area (Å²) in [5, 5.41) is 3.80. The van der Waals surface area contributed by atoms with Crippen LogP contribution in [0.4, 0.5) is 5.95 Å². The molecular formula is C24H33N7O. The normalized spacial score (nSPS) is 26.5. The number of hydrogen-bond donors (Lipinski definition) is 1. The molecule has 8 heteroatoms. The number of fused-ring (bicyclic) bond motifs is 5. The number of hydrogen-bond acceptors (Lipinski definition) is 7. The fourth-order valence-corrected chi connectivity index (χ4v) is 5.46. The van der Waals surface area contributed by atoms with Gasteiger partial charge in [0.05, 0.1) is 37.6 Å². The Morgan fingerprint density at radius 1 is 1.06 bits per heavy atom. The molecule has 1 saturated heterocycles. The minimum Gasteiger partial charge on any atom is -0.379 e. The van der Waals surface area contributed by atoms with Crippen LogP contribution < -0.4 is 10.2 Å². The van der Waals surface area contributed by atoms with Crippen molar-refractivity contribution in [3.63, 3.8) is 0 Å². The molecule has 8 nitrogen and oxygen atoms in total. The number of rotatable bonds is 5. The highest BCUT2D eigenvalue weighted by atomic mass is 16.5. The average molecular weight is 436 g/mol. The molecule has 0 amide bonds. The first kappa shape index (κ1) is 20.2. The van der Waals surface area contributed by atoms with E-state index >= 15 is 0 Å². The third-order valence-electron chi connectivity index (χ3n) is 7.20. The van der Waals surface area contributed by atoms with Gasteiger partial charge in [-0.3, -0.25) is 19.3 Å². The van der Waals surface area contributed by atoms with E-state index in [4.69, 9.17) is 14.7 Å². The molecule has 1 aromatic carbocycles. The fraction of sp³-hybridized carbons (Fsp3) is 0.583. The Labute approximate surface area is 189 Å². The third-order valence-corrected chi connectivity index (χ3v) is 7.20. The number of nitrogens with one attached hydrogen (secondary N) is 1. The summed E-state index contributed by atoms with van der Waals surface area (Å²) in [5.74, 6) is 2.56. The van der Waals surface area contributed by atoms with E-state index in [9.17, 15) is 0 Å². The fourth-order valence-electron chi connectivity index (χ4n) is 5.46. The van der Waals surface area contributed by atoms with Crippen LogP contribution >= 0.6 is 0 Å². The van der Waals surface area contributed by atoms with Crippen LogP contribution in [0.15, 0.2) is 41.4 Å². The SMILES string of the molecule is C1=CC[C@@H]([C@H]2NC3=NCN(CCCN4CCOCC4)CN3c3nc4ccccc4n32)CC1. The van der Waals surface area contributed by atoms with Gasteiger partial charge in [-0.05, 0) is 44.4 Å². The Bertz CT molecular complexity index is 1010. The Kier molecular flexibility index (Phi) is 5.58. The molecule has 1 aromatic heterocycles. The van der Waals surface area contributed by atoms with Crippen LogP contribution in [0.25, 0.3) is 11.0 Å². The van der Waals surface area contributed by atoms with Crippen LogP contribution in [0.2, 0.25) is 0 Å². The van der Waals surface area contributed by atoms with Gasteiger partial charge in [0, 0.05) is 25.6 Å². The highest BCUT2D eigenvalue weighted by molar-refractivity contribution is 5.98. The number of anilines is 1. The number of allylic oxidation sites excluding steroid dienone is 2. The Hall–Kier alpha value is -2.42. The summed E-state index contributed by atoms with van der Waals surface area (Å²) in [6.45, 7) is 7.59. The third kappa shape index (κ3) is 3.80. The molecule has 1 aliphatic carbocycles. The van der Waals surface area contributed by atoms with E-state index in [0.29, 0.717) is 5.92 Å². The summed E-state index contributed by atoms with van der Waals surface area (Å²) in [5.41, 5.74) is 2.27. The van der Waals surface area contributed by atoms with Crippen LogP contribution in [0, 0.1) is 5.92 Å². The van der Waals surface area contributed by atoms with Crippen molar-refractivity contribution in [2.45, 2.75) is 31.8 Å². The highest BCUT2D eigenvalue weighted by Gasteiger charge is 2.38. The van der Waals surface area contributed by atoms with Crippen LogP contribution in [0.1, 0.15) is 31.8 Å². The van der Waals surface area contributed by atoms with Crippen LogP contribution in [0.5, 0.6) is 0 Å². The van der Waals surface area contributed by atoms with E-state index in [2.05, 4.69) is 61.0 Å². The highest BCUT2D eigenvalue weighted by Crippen LogP contribution is 2.37. The summed E-state index contributed by atoms with van der Waals surface area (Å²) >= 11 is 0. The molecule has 0 saturated carbocycles. The topological polar surface area (TPSA) is 61.2 Å². The zero-order valence-corrected chi connectivity index (χ0v) is 18.7. The second kappa shape index (κ2) is 8.84. The van der Waals surface area contributed by atoms with Crippen molar-refractivity contribution in [1.29, 1.82) is 0 Å². The quantitative estimate of drug-likeness (QED) is 0.729. The molecule has 4 heterocycles. The first-order valence-corrected chi connectivity index (χ1v) is 12.1. The van der Waals surface area contributed by atoms with Crippen molar-refractivity contribution in [3.05, 3.63) is 36.4 Å². The van der Waals surface area contributed by atoms with E-state index in [1.807, 2.05) is 0 Å². The molecule has 0 radical (unpaired) electrons. The number of nitrogens with zero attached hydrogens (tertiary/aromatic N) is 6. The number of benzene rings is 1. The first-order chi connectivity index (χ1) is 15.9. The van der Waals surface area contributed by atoms with Gasteiger partial charge in [0.15, 0.2) is 0 Å². The standard InChI is InChI=1S/C24H33N7O/c1-2-7-19(8-3-1)22-27-23-25-17-29(12-6-11-28-13-15-32-16-14-28)18-30(23)24-26-20-9-4-5-10-21(20)31(22)24/h1-2,4-5,9-10,19,22H,3,6-8,11-18H2,(H,25,27)/t19-,22+/m1/s1. The van der Waals surface area contributed by atoms with Crippen LogP contribution in [-0.4, -0.2) is 78.0 Å². The molecule has 3 aliphatic heterocycles. The lowest BCUT2D eigenvalue weighted by molar-refractivity contribution is 0.0361. The minimum atomic E-state index is 0.199. The van der Waals surface area contributed by atoms with Gasteiger partial charge in [-0.2, -0.15) is 0 Å². The van der Waals surface area contributed by atoms with Crippen molar-refractivity contribution < 1.29 is 4.74 Å². The van der Waals surface area contributed by atoms with Gasteiger partial charge in [-0.15, -0.1) is 0 Å². The maximum Gasteiger partial charge on any atom is 0.216 e. The van der Waals surface area contributed by atoms with E-state index in [1.165, 1.54) is 11.9 Å². The van der Waals surface area contributed by atoms with Gasteiger partial charge in [-0.1, -0.05) is 24.3 Å². The molecule has 170 valence electrons. The molecule has 32 heavy (non-hydrogen) atoms. The Morgan fingerprint density at radius 3 is 2.81 bits per heavy atom. The lowest BCUT2D eigenvalue weighted by Gasteiger charge is -2.44. The first-order valence-electron chi connectivity index (χ1n) is 12.1. The average Bonchev–Trinajstić information content (AvgIpc) is 3.25. The number of aromatic nitrogens is 2. The monoisotopic (exact) mass is 435 g/mol. The lowest BCUT2D eigenvalue weighted by atomic mass is 9.91. The van der Waals surface area contributed by atoms with Crippen molar-refractivity contribution in [1.82, 2.24) is 24.7 Å². The van der Waals surface area contributed by atoms with Crippen molar-refractivity contribution >= 4 is 22.9 Å². The molecule has 2 aromatic rings. The predicted octanol–water partition coefficient (Wildman–Crippen LogP) is 2.61. The molecule has 0 spiro atoms. The van der Waals surface area contributed by atoms with Gasteiger partial charge >= 0.3 is 0 Å². The van der Waals surface area contributed by atoms with Gasteiger partial charge < -0.3 is 10.1 Å². The van der Waals surface area contributed by atoms with Crippen molar-refractivity contribution in [2.75, 3.05) is 57.6 Å². The summed E-state index contributed by atoms with van der Waals surface area (Å²) < 4.78 is 7.90. The number of aliphatic imine (C=N–C) groups is 1.